The van der Waals surface area contributed by atoms with Crippen LogP contribution in [0.2, 0.25) is 0 Å². The Morgan fingerprint density at radius 2 is 2.31 bits per heavy atom. The molecule has 0 atom stereocenters. The van der Waals surface area contributed by atoms with E-state index in [1.165, 1.54) is 4.31 Å². The first-order valence-corrected chi connectivity index (χ1v) is 4.16. The minimum atomic E-state index is -0.129. The topological polar surface area (TPSA) is 44.1 Å². The summed E-state index contributed by atoms with van der Waals surface area (Å²) in [5, 5.41) is 8.63. The lowest BCUT2D eigenvalue weighted by molar-refractivity contribution is 0.0891. The summed E-state index contributed by atoms with van der Waals surface area (Å²) < 4.78 is 1.34. The Balaban J connectivity index is 2.56. The normalized spacial score (nSPS) is 14.2. The highest BCUT2D eigenvalue weighted by Crippen LogP contribution is 2.24. The molecule has 0 aromatic heterocycles. The quantitative estimate of drug-likeness (QED) is 0.628. The molecule has 13 heavy (non-hydrogen) atoms. The molecule has 0 aliphatic carbocycles. The monoisotopic (exact) mass is 190 g/mol. The van der Waals surface area contributed by atoms with Crippen LogP contribution in [0.25, 0.3) is 0 Å². The van der Waals surface area contributed by atoms with Gasteiger partial charge in [0.25, 0.3) is 5.91 Å². The molecule has 0 saturated heterocycles. The van der Waals surface area contributed by atoms with Gasteiger partial charge in [0.1, 0.15) is 0 Å². The van der Waals surface area contributed by atoms with E-state index in [1.54, 1.807) is 18.2 Å². The Morgan fingerprint density at radius 3 is 3.00 bits per heavy atom. The number of amides is 1. The lowest BCUT2D eigenvalue weighted by atomic mass is 10.1. The van der Waals surface area contributed by atoms with E-state index in [0.29, 0.717) is 17.7 Å². The molecule has 0 radical (unpaired) electrons. The molecule has 0 bridgehead atoms. The van der Waals surface area contributed by atoms with Crippen molar-refractivity contribution in [1.29, 1.82) is 5.26 Å². The zero-order valence-corrected chi connectivity index (χ0v) is 7.58. The summed E-state index contributed by atoms with van der Waals surface area (Å²) >= 11 is 4.00. The fourth-order valence-electron chi connectivity index (χ4n) is 1.36. The highest BCUT2D eigenvalue weighted by Gasteiger charge is 2.24. The second-order valence-electron chi connectivity index (χ2n) is 2.85. The number of thiol groups is 1. The highest BCUT2D eigenvalue weighted by molar-refractivity contribution is 7.78. The molecule has 1 aliphatic heterocycles. The van der Waals surface area contributed by atoms with Gasteiger partial charge >= 0.3 is 0 Å². The van der Waals surface area contributed by atoms with Crippen LogP contribution in [0.1, 0.15) is 21.5 Å². The van der Waals surface area contributed by atoms with Gasteiger partial charge in [-0.15, -0.1) is 0 Å². The van der Waals surface area contributed by atoms with Gasteiger partial charge in [-0.3, -0.25) is 9.10 Å². The van der Waals surface area contributed by atoms with Crippen molar-refractivity contribution in [3.05, 3.63) is 34.9 Å². The molecule has 1 amide bonds. The third-order valence-corrected chi connectivity index (χ3v) is 2.35. The van der Waals surface area contributed by atoms with Crippen LogP contribution in [0, 0.1) is 11.3 Å². The van der Waals surface area contributed by atoms with Gasteiger partial charge in [0.05, 0.1) is 18.2 Å². The SMILES string of the molecule is N#Cc1ccc2c(c1)C(=O)N(S)C2. The van der Waals surface area contributed by atoms with Crippen LogP contribution in [-0.4, -0.2) is 10.2 Å². The van der Waals surface area contributed by atoms with E-state index in [2.05, 4.69) is 12.8 Å². The number of nitrogens with zero attached hydrogens (tertiary/aromatic N) is 2. The molecule has 1 aliphatic rings. The molecule has 0 spiro atoms. The molecule has 1 aromatic rings. The maximum absolute atomic E-state index is 11.4. The van der Waals surface area contributed by atoms with Gasteiger partial charge in [0.2, 0.25) is 0 Å². The summed E-state index contributed by atoms with van der Waals surface area (Å²) in [6.45, 7) is 0.517. The van der Waals surface area contributed by atoms with E-state index in [1.807, 2.05) is 6.07 Å². The van der Waals surface area contributed by atoms with E-state index < -0.39 is 0 Å². The second-order valence-corrected chi connectivity index (χ2v) is 3.33. The molecule has 2 rings (SSSR count). The number of carbonyl (C=O) groups is 1. The number of fused-ring (bicyclic) bond motifs is 1. The first-order chi connectivity index (χ1) is 6.22. The molecule has 1 aromatic carbocycles. The Kier molecular flexibility index (Phi) is 1.74. The molecular formula is C9H6N2OS. The predicted molar refractivity (Wildman–Crippen MR) is 50.0 cm³/mol. The van der Waals surface area contributed by atoms with Crippen LogP contribution in [0.4, 0.5) is 0 Å². The van der Waals surface area contributed by atoms with Crippen LogP contribution in [0.5, 0.6) is 0 Å². The number of hydrogen-bond donors (Lipinski definition) is 1. The zero-order valence-electron chi connectivity index (χ0n) is 6.69. The molecule has 0 N–H and O–H groups in total. The van der Waals surface area contributed by atoms with Gasteiger partial charge in [0, 0.05) is 5.56 Å². The Hall–Kier alpha value is -1.47. The number of rotatable bonds is 0. The summed E-state index contributed by atoms with van der Waals surface area (Å²) in [4.78, 5) is 11.4. The van der Waals surface area contributed by atoms with Crippen molar-refractivity contribution in [1.82, 2.24) is 4.31 Å². The Labute approximate surface area is 81.1 Å². The van der Waals surface area contributed by atoms with Crippen LogP contribution >= 0.6 is 12.8 Å². The number of hydrogen-bond acceptors (Lipinski definition) is 3. The third-order valence-electron chi connectivity index (χ3n) is 2.02. The third kappa shape index (κ3) is 1.18. The smallest absolute Gasteiger partial charge is 0.264 e. The molecule has 1 heterocycles. The van der Waals surface area contributed by atoms with Crippen molar-refractivity contribution in [3.63, 3.8) is 0 Å². The first kappa shape index (κ1) is 8.14. The number of carbonyl (C=O) groups excluding carboxylic acids is 1. The van der Waals surface area contributed by atoms with Crippen molar-refractivity contribution < 1.29 is 4.79 Å². The molecule has 0 unspecified atom stereocenters. The molecular weight excluding hydrogens is 184 g/mol. The Bertz CT molecular complexity index is 422. The molecule has 64 valence electrons. The van der Waals surface area contributed by atoms with Crippen LogP contribution < -0.4 is 0 Å². The summed E-state index contributed by atoms with van der Waals surface area (Å²) in [5.74, 6) is -0.129. The van der Waals surface area contributed by atoms with Gasteiger partial charge < -0.3 is 0 Å². The van der Waals surface area contributed by atoms with Crippen LogP contribution in [-0.2, 0) is 6.54 Å². The van der Waals surface area contributed by atoms with Crippen LogP contribution in [0.3, 0.4) is 0 Å². The standard InChI is InChI=1S/C9H6N2OS/c10-4-6-1-2-7-5-11(13)9(12)8(7)3-6/h1-3,13H,5H2. The van der Waals surface area contributed by atoms with Crippen molar-refractivity contribution in [3.8, 4) is 6.07 Å². The molecule has 3 nitrogen and oxygen atoms in total. The fourth-order valence-corrected chi connectivity index (χ4v) is 1.62. The van der Waals surface area contributed by atoms with E-state index in [-0.39, 0.29) is 5.91 Å². The highest BCUT2D eigenvalue weighted by atomic mass is 32.1. The van der Waals surface area contributed by atoms with Gasteiger partial charge in [-0.1, -0.05) is 18.9 Å². The largest absolute Gasteiger partial charge is 0.281 e. The lowest BCUT2D eigenvalue weighted by Crippen LogP contribution is -2.11. The fraction of sp³-hybridized carbons (Fsp3) is 0.111. The molecule has 0 saturated carbocycles. The van der Waals surface area contributed by atoms with Gasteiger partial charge in [0.15, 0.2) is 0 Å². The van der Waals surface area contributed by atoms with Crippen molar-refractivity contribution in [2.45, 2.75) is 6.54 Å². The van der Waals surface area contributed by atoms with E-state index in [9.17, 15) is 4.79 Å². The second kappa shape index (κ2) is 2.79. The van der Waals surface area contributed by atoms with E-state index in [4.69, 9.17) is 5.26 Å². The van der Waals surface area contributed by atoms with Gasteiger partial charge in [-0.05, 0) is 17.7 Å². The first-order valence-electron chi connectivity index (χ1n) is 3.76. The average molecular weight is 190 g/mol. The predicted octanol–water partition coefficient (Wildman–Crippen LogP) is 1.36. The van der Waals surface area contributed by atoms with Crippen molar-refractivity contribution in [2.24, 2.45) is 0 Å². The molecule has 0 fully saturated rings. The summed E-state index contributed by atoms with van der Waals surface area (Å²) in [5.41, 5.74) is 2.03. The Morgan fingerprint density at radius 1 is 1.54 bits per heavy atom. The minimum Gasteiger partial charge on any atom is -0.281 e. The van der Waals surface area contributed by atoms with Gasteiger partial charge in [-0.2, -0.15) is 5.26 Å². The summed E-state index contributed by atoms with van der Waals surface area (Å²) in [6, 6.07) is 7.10. The van der Waals surface area contributed by atoms with E-state index in [0.717, 1.165) is 5.56 Å². The number of benzene rings is 1. The minimum absolute atomic E-state index is 0.129. The number of nitriles is 1. The molecule has 4 heteroatoms. The summed E-state index contributed by atoms with van der Waals surface area (Å²) in [6.07, 6.45) is 0. The zero-order chi connectivity index (χ0) is 9.42. The van der Waals surface area contributed by atoms with Crippen LogP contribution in [0.15, 0.2) is 18.2 Å². The van der Waals surface area contributed by atoms with Crippen molar-refractivity contribution >= 4 is 18.7 Å². The van der Waals surface area contributed by atoms with Gasteiger partial charge in [-0.25, -0.2) is 0 Å². The van der Waals surface area contributed by atoms with E-state index >= 15 is 0 Å². The maximum atomic E-state index is 11.4. The average Bonchev–Trinajstić information content (AvgIpc) is 2.43. The lowest BCUT2D eigenvalue weighted by Gasteiger charge is -2.02. The summed E-state index contributed by atoms with van der Waals surface area (Å²) in [7, 11) is 0. The maximum Gasteiger partial charge on any atom is 0.264 e. The van der Waals surface area contributed by atoms with Crippen molar-refractivity contribution in [2.75, 3.05) is 0 Å².